The van der Waals surface area contributed by atoms with Crippen LogP contribution in [0.2, 0.25) is 0 Å². The number of rotatable bonds is 3. The molecule has 0 bridgehead atoms. The second-order valence-corrected chi connectivity index (χ2v) is 2.80. The summed E-state index contributed by atoms with van der Waals surface area (Å²) in [5, 5.41) is 0. The van der Waals surface area contributed by atoms with Crippen LogP contribution in [0.5, 0.6) is 0 Å². The second-order valence-electron chi connectivity index (χ2n) is 2.49. The van der Waals surface area contributed by atoms with Crippen molar-refractivity contribution in [2.75, 3.05) is 13.7 Å². The molecule has 10 heavy (non-hydrogen) atoms. The van der Waals surface area contributed by atoms with Gasteiger partial charge in [-0.15, -0.1) is 0 Å². The van der Waals surface area contributed by atoms with E-state index in [9.17, 15) is 4.79 Å². The molecule has 0 aliphatic heterocycles. The largest absolute Gasteiger partial charge is 0.451 e. The van der Waals surface area contributed by atoms with E-state index >= 15 is 0 Å². The number of halogens is 1. The van der Waals surface area contributed by atoms with Gasteiger partial charge in [-0.3, -0.25) is 0 Å². The molecule has 0 aromatic carbocycles. The molecule has 0 aromatic rings. The SMILES string of the molecule is COC(C)(C)COC(=O)Cl. The minimum atomic E-state index is -0.801. The van der Waals surface area contributed by atoms with E-state index in [2.05, 4.69) is 4.74 Å². The van der Waals surface area contributed by atoms with Crippen molar-refractivity contribution in [3.05, 3.63) is 0 Å². The fourth-order valence-corrected chi connectivity index (χ4v) is 0.344. The fourth-order valence-electron chi connectivity index (χ4n) is 0.289. The first-order valence-corrected chi connectivity index (χ1v) is 3.23. The molecule has 0 heterocycles. The maximum Gasteiger partial charge on any atom is 0.403 e. The number of methoxy groups -OCH3 is 1. The van der Waals surface area contributed by atoms with Crippen molar-refractivity contribution in [1.82, 2.24) is 0 Å². The molecule has 0 spiro atoms. The molecular weight excluding hydrogens is 156 g/mol. The molecule has 0 radical (unpaired) electrons. The average molecular weight is 167 g/mol. The normalized spacial score (nSPS) is 11.2. The Balaban J connectivity index is 3.56. The zero-order valence-corrected chi connectivity index (χ0v) is 7.07. The molecule has 0 aliphatic carbocycles. The van der Waals surface area contributed by atoms with Crippen LogP contribution in [0.4, 0.5) is 4.79 Å². The predicted molar refractivity (Wildman–Crippen MR) is 38.3 cm³/mol. The Morgan fingerprint density at radius 3 is 2.40 bits per heavy atom. The Morgan fingerprint density at radius 1 is 1.60 bits per heavy atom. The summed E-state index contributed by atoms with van der Waals surface area (Å²) in [5.74, 6) is 0. The molecule has 0 aliphatic rings. The van der Waals surface area contributed by atoms with Gasteiger partial charge in [0.25, 0.3) is 0 Å². The molecule has 0 aromatic heterocycles. The van der Waals surface area contributed by atoms with E-state index in [4.69, 9.17) is 16.3 Å². The fraction of sp³-hybridized carbons (Fsp3) is 0.833. The van der Waals surface area contributed by atoms with Gasteiger partial charge in [-0.2, -0.15) is 0 Å². The van der Waals surface area contributed by atoms with Crippen molar-refractivity contribution in [2.45, 2.75) is 19.4 Å². The number of hydrogen-bond acceptors (Lipinski definition) is 3. The van der Waals surface area contributed by atoms with Crippen LogP contribution >= 0.6 is 11.6 Å². The number of ether oxygens (including phenoxy) is 2. The second kappa shape index (κ2) is 3.78. The van der Waals surface area contributed by atoms with Crippen LogP contribution in [-0.4, -0.2) is 24.7 Å². The zero-order chi connectivity index (χ0) is 8.20. The Hall–Kier alpha value is -0.280. The Kier molecular flexibility index (Phi) is 3.68. The van der Waals surface area contributed by atoms with Gasteiger partial charge in [-0.05, 0) is 13.8 Å². The quantitative estimate of drug-likeness (QED) is 0.600. The number of hydrogen-bond donors (Lipinski definition) is 0. The molecule has 60 valence electrons. The van der Waals surface area contributed by atoms with Gasteiger partial charge < -0.3 is 9.47 Å². The lowest BCUT2D eigenvalue weighted by Crippen LogP contribution is -2.29. The van der Waals surface area contributed by atoms with Gasteiger partial charge in [0.15, 0.2) is 0 Å². The van der Waals surface area contributed by atoms with E-state index in [-0.39, 0.29) is 6.61 Å². The van der Waals surface area contributed by atoms with Crippen molar-refractivity contribution in [1.29, 1.82) is 0 Å². The van der Waals surface area contributed by atoms with E-state index in [0.29, 0.717) is 0 Å². The summed E-state index contributed by atoms with van der Waals surface area (Å²) >= 11 is 4.92. The van der Waals surface area contributed by atoms with Crippen molar-refractivity contribution in [2.24, 2.45) is 0 Å². The summed E-state index contributed by atoms with van der Waals surface area (Å²) in [7, 11) is 1.54. The smallest absolute Gasteiger partial charge is 0.403 e. The summed E-state index contributed by atoms with van der Waals surface area (Å²) in [6.45, 7) is 3.77. The molecular formula is C6H11ClO3. The standard InChI is InChI=1S/C6H11ClO3/c1-6(2,9-3)4-10-5(7)8/h4H2,1-3H3. The van der Waals surface area contributed by atoms with Crippen LogP contribution < -0.4 is 0 Å². The van der Waals surface area contributed by atoms with E-state index in [1.54, 1.807) is 21.0 Å². The summed E-state index contributed by atoms with van der Waals surface area (Å²) in [6.07, 6.45) is 0. The summed E-state index contributed by atoms with van der Waals surface area (Å²) in [5.41, 5.74) is -1.25. The first kappa shape index (κ1) is 9.72. The number of carbonyl (C=O) groups is 1. The van der Waals surface area contributed by atoms with Crippen molar-refractivity contribution < 1.29 is 14.3 Å². The Morgan fingerprint density at radius 2 is 2.10 bits per heavy atom. The molecule has 0 rings (SSSR count). The monoisotopic (exact) mass is 166 g/mol. The van der Waals surface area contributed by atoms with Gasteiger partial charge in [0.2, 0.25) is 0 Å². The van der Waals surface area contributed by atoms with Crippen LogP contribution in [-0.2, 0) is 9.47 Å². The molecule has 0 amide bonds. The zero-order valence-electron chi connectivity index (χ0n) is 6.31. The molecule has 0 fully saturated rings. The number of carbonyl (C=O) groups excluding carboxylic acids is 1. The van der Waals surface area contributed by atoms with Gasteiger partial charge in [-0.25, -0.2) is 4.79 Å². The highest BCUT2D eigenvalue weighted by Gasteiger charge is 2.17. The van der Waals surface area contributed by atoms with Gasteiger partial charge in [-0.1, -0.05) is 0 Å². The van der Waals surface area contributed by atoms with Crippen LogP contribution in [0, 0.1) is 0 Å². The Labute approximate surface area is 65.3 Å². The third-order valence-electron chi connectivity index (χ3n) is 1.09. The summed E-state index contributed by atoms with van der Waals surface area (Å²) in [4.78, 5) is 10.1. The third kappa shape index (κ3) is 4.58. The lowest BCUT2D eigenvalue weighted by Gasteiger charge is -2.20. The molecule has 0 atom stereocenters. The molecule has 0 saturated heterocycles. The van der Waals surface area contributed by atoms with Crippen LogP contribution in [0.15, 0.2) is 0 Å². The highest BCUT2D eigenvalue weighted by atomic mass is 35.5. The van der Waals surface area contributed by atoms with Crippen LogP contribution in [0.1, 0.15) is 13.8 Å². The molecule has 3 nitrogen and oxygen atoms in total. The van der Waals surface area contributed by atoms with Crippen molar-refractivity contribution in [3.63, 3.8) is 0 Å². The maximum absolute atomic E-state index is 10.1. The Bertz CT molecular complexity index is 122. The summed E-state index contributed by atoms with van der Waals surface area (Å²) < 4.78 is 9.45. The summed E-state index contributed by atoms with van der Waals surface area (Å²) in [6, 6.07) is 0. The highest BCUT2D eigenvalue weighted by Crippen LogP contribution is 2.07. The minimum absolute atomic E-state index is 0.172. The lowest BCUT2D eigenvalue weighted by molar-refractivity contribution is -0.0242. The molecule has 0 unspecified atom stereocenters. The van der Waals surface area contributed by atoms with Crippen LogP contribution in [0.3, 0.4) is 0 Å². The van der Waals surface area contributed by atoms with Gasteiger partial charge in [0.05, 0.1) is 5.60 Å². The van der Waals surface area contributed by atoms with E-state index < -0.39 is 11.0 Å². The third-order valence-corrected chi connectivity index (χ3v) is 1.19. The lowest BCUT2D eigenvalue weighted by atomic mass is 10.2. The molecule has 0 N–H and O–H groups in total. The van der Waals surface area contributed by atoms with Crippen molar-refractivity contribution in [3.8, 4) is 0 Å². The van der Waals surface area contributed by atoms with Gasteiger partial charge >= 0.3 is 5.43 Å². The van der Waals surface area contributed by atoms with E-state index in [0.717, 1.165) is 0 Å². The first-order valence-electron chi connectivity index (χ1n) is 2.85. The van der Waals surface area contributed by atoms with Gasteiger partial charge in [0.1, 0.15) is 6.61 Å². The highest BCUT2D eigenvalue weighted by molar-refractivity contribution is 6.61. The maximum atomic E-state index is 10.1. The molecule has 4 heteroatoms. The molecule has 0 saturated carbocycles. The first-order chi connectivity index (χ1) is 4.48. The van der Waals surface area contributed by atoms with E-state index in [1.807, 2.05) is 0 Å². The minimum Gasteiger partial charge on any atom is -0.451 e. The van der Waals surface area contributed by atoms with Crippen LogP contribution in [0.25, 0.3) is 0 Å². The average Bonchev–Trinajstić information content (AvgIpc) is 1.85. The topological polar surface area (TPSA) is 35.5 Å². The van der Waals surface area contributed by atoms with Crippen molar-refractivity contribution >= 4 is 17.0 Å². The van der Waals surface area contributed by atoms with Gasteiger partial charge in [0, 0.05) is 18.7 Å². The van der Waals surface area contributed by atoms with E-state index in [1.165, 1.54) is 0 Å². The predicted octanol–water partition coefficient (Wildman–Crippen LogP) is 1.79.